The van der Waals surface area contributed by atoms with E-state index in [0.29, 0.717) is 29.1 Å². The molecule has 3 amide bonds. The van der Waals surface area contributed by atoms with E-state index in [2.05, 4.69) is 15.6 Å². The van der Waals surface area contributed by atoms with E-state index in [1.807, 2.05) is 20.1 Å². The molecule has 1 unspecified atom stereocenters. The summed E-state index contributed by atoms with van der Waals surface area (Å²) in [5.74, 6) is 1.26. The van der Waals surface area contributed by atoms with E-state index in [-0.39, 0.29) is 11.8 Å². The van der Waals surface area contributed by atoms with Crippen LogP contribution in [0.1, 0.15) is 32.1 Å². The van der Waals surface area contributed by atoms with Gasteiger partial charge >= 0.3 is 6.03 Å². The van der Waals surface area contributed by atoms with Gasteiger partial charge in [-0.2, -0.15) is 11.8 Å². The summed E-state index contributed by atoms with van der Waals surface area (Å²) in [7, 11) is 0. The molecule has 2 aromatic rings. The highest BCUT2D eigenvalue weighted by Gasteiger charge is 2.20. The van der Waals surface area contributed by atoms with Crippen molar-refractivity contribution in [3.05, 3.63) is 24.1 Å². The molecule has 24 heavy (non-hydrogen) atoms. The molecule has 4 N–H and O–H groups in total. The van der Waals surface area contributed by atoms with Crippen molar-refractivity contribution in [1.82, 2.24) is 10.3 Å². The Labute approximate surface area is 144 Å². The number of rotatable bonds is 7. The number of nitrogens with zero attached hydrogens (tertiary/aromatic N) is 1. The van der Waals surface area contributed by atoms with Crippen LogP contribution in [-0.4, -0.2) is 35.0 Å². The molecule has 8 heteroatoms. The van der Waals surface area contributed by atoms with Crippen molar-refractivity contribution >= 4 is 40.5 Å². The second-order valence-corrected chi connectivity index (χ2v) is 6.71. The fraction of sp³-hybridized carbons (Fsp3) is 0.438. The molecule has 2 rings (SSSR count). The highest BCUT2D eigenvalue weighted by molar-refractivity contribution is 7.98. The van der Waals surface area contributed by atoms with Crippen LogP contribution in [0.3, 0.4) is 0 Å². The van der Waals surface area contributed by atoms with E-state index < -0.39 is 12.1 Å². The predicted octanol–water partition coefficient (Wildman–Crippen LogP) is 2.68. The van der Waals surface area contributed by atoms with Gasteiger partial charge in [0, 0.05) is 11.6 Å². The Kier molecular flexibility index (Phi) is 6.08. The normalized spacial score (nSPS) is 12.3. The zero-order valence-electron chi connectivity index (χ0n) is 14.0. The Balaban J connectivity index is 2.13. The van der Waals surface area contributed by atoms with Crippen LogP contribution in [0.25, 0.3) is 11.1 Å². The van der Waals surface area contributed by atoms with Gasteiger partial charge in [0.1, 0.15) is 11.6 Å². The summed E-state index contributed by atoms with van der Waals surface area (Å²) in [6.45, 7) is 4.00. The van der Waals surface area contributed by atoms with Crippen LogP contribution in [0.5, 0.6) is 0 Å². The predicted molar refractivity (Wildman–Crippen MR) is 96.2 cm³/mol. The minimum Gasteiger partial charge on any atom is -0.440 e. The van der Waals surface area contributed by atoms with Gasteiger partial charge in [0.25, 0.3) is 0 Å². The summed E-state index contributed by atoms with van der Waals surface area (Å²) in [5.41, 5.74) is 7.09. The van der Waals surface area contributed by atoms with Gasteiger partial charge in [0.05, 0.1) is 0 Å². The van der Waals surface area contributed by atoms with Crippen molar-refractivity contribution in [3.63, 3.8) is 0 Å². The number of carbonyl (C=O) groups is 2. The van der Waals surface area contributed by atoms with Crippen LogP contribution in [-0.2, 0) is 4.79 Å². The molecule has 130 valence electrons. The van der Waals surface area contributed by atoms with E-state index in [9.17, 15) is 9.59 Å². The van der Waals surface area contributed by atoms with E-state index in [0.717, 1.165) is 5.75 Å². The number of hydrogen-bond donors (Lipinski definition) is 3. The number of carbonyl (C=O) groups excluding carboxylic acids is 2. The number of anilines is 1. The highest BCUT2D eigenvalue weighted by Crippen LogP contribution is 2.23. The summed E-state index contributed by atoms with van der Waals surface area (Å²) in [5, 5.41) is 5.26. The van der Waals surface area contributed by atoms with Crippen molar-refractivity contribution in [1.29, 1.82) is 0 Å². The molecule has 0 saturated carbocycles. The number of nitrogens with one attached hydrogen (secondary N) is 2. The van der Waals surface area contributed by atoms with Crippen molar-refractivity contribution in [2.75, 3.05) is 17.3 Å². The molecule has 0 fully saturated rings. The second kappa shape index (κ2) is 8.05. The van der Waals surface area contributed by atoms with E-state index in [4.69, 9.17) is 10.2 Å². The minimum atomic E-state index is -0.718. The lowest BCUT2D eigenvalue weighted by molar-refractivity contribution is -0.117. The average molecular weight is 350 g/mol. The summed E-state index contributed by atoms with van der Waals surface area (Å²) < 4.78 is 5.64. The molecule has 0 radical (unpaired) electrons. The molecule has 7 nitrogen and oxygen atoms in total. The first kappa shape index (κ1) is 18.1. The summed E-state index contributed by atoms with van der Waals surface area (Å²) in [6, 6.07) is 3.87. The maximum absolute atomic E-state index is 12.4. The number of benzene rings is 1. The van der Waals surface area contributed by atoms with E-state index in [1.54, 1.807) is 30.0 Å². The number of fused-ring (bicyclic) bond motifs is 1. The number of oxazole rings is 1. The molecular weight excluding hydrogens is 328 g/mol. The molecule has 0 saturated heterocycles. The van der Waals surface area contributed by atoms with Crippen molar-refractivity contribution in [2.45, 2.75) is 32.2 Å². The fourth-order valence-corrected chi connectivity index (χ4v) is 2.65. The fourth-order valence-electron chi connectivity index (χ4n) is 2.18. The lowest BCUT2D eigenvalue weighted by atomic mass is 10.2. The van der Waals surface area contributed by atoms with Gasteiger partial charge in [-0.05, 0) is 36.6 Å². The third-order valence-corrected chi connectivity index (χ3v) is 4.05. The first-order valence-corrected chi connectivity index (χ1v) is 9.06. The average Bonchev–Trinajstić information content (AvgIpc) is 2.94. The van der Waals surface area contributed by atoms with Crippen LogP contribution in [0, 0.1) is 0 Å². The Bertz CT molecular complexity index is 729. The molecule has 0 bridgehead atoms. The number of hydrogen-bond acceptors (Lipinski definition) is 5. The number of nitrogens with two attached hydrogens (primary N) is 1. The summed E-state index contributed by atoms with van der Waals surface area (Å²) >= 11 is 1.59. The van der Waals surface area contributed by atoms with Gasteiger partial charge in [-0.1, -0.05) is 13.8 Å². The van der Waals surface area contributed by atoms with E-state index in [1.165, 1.54) is 0 Å². The Morgan fingerprint density at radius 1 is 1.38 bits per heavy atom. The topological polar surface area (TPSA) is 110 Å². The largest absolute Gasteiger partial charge is 0.440 e. The minimum absolute atomic E-state index is 0.186. The molecule has 0 aliphatic rings. The number of primary amides is 1. The molecule has 0 aliphatic heterocycles. The van der Waals surface area contributed by atoms with Crippen LogP contribution >= 0.6 is 11.8 Å². The van der Waals surface area contributed by atoms with Crippen LogP contribution in [0.2, 0.25) is 0 Å². The van der Waals surface area contributed by atoms with E-state index >= 15 is 0 Å². The Morgan fingerprint density at radius 3 is 2.75 bits per heavy atom. The Morgan fingerprint density at radius 2 is 2.12 bits per heavy atom. The van der Waals surface area contributed by atoms with Gasteiger partial charge < -0.3 is 20.8 Å². The summed E-state index contributed by atoms with van der Waals surface area (Å²) in [6.07, 6.45) is 2.43. The van der Waals surface area contributed by atoms with Crippen LogP contribution in [0.15, 0.2) is 22.6 Å². The highest BCUT2D eigenvalue weighted by atomic mass is 32.2. The first-order chi connectivity index (χ1) is 11.4. The number of urea groups is 1. The van der Waals surface area contributed by atoms with Crippen molar-refractivity contribution < 1.29 is 14.0 Å². The SMILES string of the molecule is CSCCC(NC(N)=O)C(=O)Nc1ccc2oc(C(C)C)nc2c1. The lowest BCUT2D eigenvalue weighted by Gasteiger charge is -2.16. The second-order valence-electron chi connectivity index (χ2n) is 5.72. The smallest absolute Gasteiger partial charge is 0.312 e. The monoisotopic (exact) mass is 350 g/mol. The standard InChI is InChI=1S/C16H22N4O3S/c1-9(2)15-19-12-8-10(4-5-13(12)23-15)18-14(21)11(6-7-24-3)20-16(17)22/h4-5,8-9,11H,6-7H2,1-3H3,(H,18,21)(H3,17,20,22). The lowest BCUT2D eigenvalue weighted by Crippen LogP contribution is -2.46. The van der Waals surface area contributed by atoms with Gasteiger partial charge in [-0.25, -0.2) is 9.78 Å². The number of aromatic nitrogens is 1. The maximum Gasteiger partial charge on any atom is 0.312 e. The first-order valence-electron chi connectivity index (χ1n) is 7.67. The molecule has 1 atom stereocenters. The third-order valence-electron chi connectivity index (χ3n) is 3.41. The molecule has 0 aliphatic carbocycles. The zero-order chi connectivity index (χ0) is 17.7. The number of amides is 3. The van der Waals surface area contributed by atoms with Crippen LogP contribution < -0.4 is 16.4 Å². The van der Waals surface area contributed by atoms with Gasteiger partial charge in [0.15, 0.2) is 11.5 Å². The molecule has 0 spiro atoms. The maximum atomic E-state index is 12.4. The Hall–Kier alpha value is -2.22. The molecular formula is C16H22N4O3S. The van der Waals surface area contributed by atoms with Crippen LogP contribution in [0.4, 0.5) is 10.5 Å². The zero-order valence-corrected chi connectivity index (χ0v) is 14.8. The van der Waals surface area contributed by atoms with Gasteiger partial charge in [0.2, 0.25) is 5.91 Å². The molecule has 1 heterocycles. The number of thioether (sulfide) groups is 1. The third kappa shape index (κ3) is 4.64. The van der Waals surface area contributed by atoms with Crippen molar-refractivity contribution in [2.24, 2.45) is 5.73 Å². The van der Waals surface area contributed by atoms with Gasteiger partial charge in [-0.3, -0.25) is 4.79 Å². The quantitative estimate of drug-likeness (QED) is 0.711. The molecule has 1 aromatic heterocycles. The molecule has 1 aromatic carbocycles. The van der Waals surface area contributed by atoms with Crippen molar-refractivity contribution in [3.8, 4) is 0 Å². The summed E-state index contributed by atoms with van der Waals surface area (Å²) in [4.78, 5) is 27.9. The van der Waals surface area contributed by atoms with Gasteiger partial charge in [-0.15, -0.1) is 0 Å².